The molecule has 0 heterocycles. The Hall–Kier alpha value is -1.33. The zero-order chi connectivity index (χ0) is 11.5. The number of halogens is 4. The van der Waals surface area contributed by atoms with Crippen molar-refractivity contribution in [2.24, 2.45) is 0 Å². The van der Waals surface area contributed by atoms with E-state index < -0.39 is 31.3 Å². The quantitative estimate of drug-likeness (QED) is 0.431. The van der Waals surface area contributed by atoms with E-state index in [0.29, 0.717) is 0 Å². The van der Waals surface area contributed by atoms with Crippen LogP contribution in [-0.2, 0) is 0 Å². The summed E-state index contributed by atoms with van der Waals surface area (Å²) in [5.41, 5.74) is 0.108. The molecule has 0 bridgehead atoms. The third-order valence-electron chi connectivity index (χ3n) is 1.86. The fourth-order valence-electron chi connectivity index (χ4n) is 1.07. The summed E-state index contributed by atoms with van der Waals surface area (Å²) in [7, 11) is 0. The first-order valence-electron chi connectivity index (χ1n) is 4.38. The van der Waals surface area contributed by atoms with Crippen LogP contribution < -0.4 is 0 Å². The SMILES string of the molecule is O=C(CC[B-](F)(F)F)c1ccc(F)cc1. The first-order valence-corrected chi connectivity index (χ1v) is 4.38. The predicted octanol–water partition coefficient (Wildman–Crippen LogP) is 3.25. The molecule has 0 fully saturated rings. The summed E-state index contributed by atoms with van der Waals surface area (Å²) in [5, 5.41) is 0. The van der Waals surface area contributed by atoms with Crippen LogP contribution in [0.25, 0.3) is 0 Å². The molecule has 0 aliphatic heterocycles. The van der Waals surface area contributed by atoms with E-state index in [1.54, 1.807) is 0 Å². The predicted molar refractivity (Wildman–Crippen MR) is 49.2 cm³/mol. The second-order valence-corrected chi connectivity index (χ2v) is 3.18. The minimum atomic E-state index is -4.93. The van der Waals surface area contributed by atoms with Crippen LogP contribution in [0.5, 0.6) is 0 Å². The van der Waals surface area contributed by atoms with Gasteiger partial charge in [0.1, 0.15) is 5.82 Å². The van der Waals surface area contributed by atoms with E-state index in [9.17, 15) is 22.1 Å². The lowest BCUT2D eigenvalue weighted by atomic mass is 9.82. The van der Waals surface area contributed by atoms with Gasteiger partial charge in [-0.25, -0.2) is 4.39 Å². The van der Waals surface area contributed by atoms with Crippen molar-refractivity contribution in [3.8, 4) is 0 Å². The molecule has 0 unspecified atom stereocenters. The summed E-state index contributed by atoms with van der Waals surface area (Å²) in [4.78, 5) is 11.2. The molecule has 0 saturated carbocycles. The van der Waals surface area contributed by atoms with Gasteiger partial charge >= 0.3 is 6.98 Å². The van der Waals surface area contributed by atoms with E-state index >= 15 is 0 Å². The van der Waals surface area contributed by atoms with Crippen molar-refractivity contribution >= 4 is 12.8 Å². The maximum atomic E-state index is 12.4. The lowest BCUT2D eigenvalue weighted by Crippen LogP contribution is -2.16. The van der Waals surface area contributed by atoms with Crippen molar-refractivity contribution in [2.45, 2.75) is 12.7 Å². The molecular formula is C9H8BF4O-. The zero-order valence-electron chi connectivity index (χ0n) is 7.72. The number of benzene rings is 1. The highest BCUT2D eigenvalue weighted by atomic mass is 19.4. The van der Waals surface area contributed by atoms with Gasteiger partial charge < -0.3 is 12.9 Å². The minimum absolute atomic E-state index is 0.108. The monoisotopic (exact) mass is 219 g/mol. The van der Waals surface area contributed by atoms with Crippen LogP contribution >= 0.6 is 0 Å². The Morgan fingerprint density at radius 1 is 1.13 bits per heavy atom. The first kappa shape index (κ1) is 11.7. The average Bonchev–Trinajstić information content (AvgIpc) is 2.14. The van der Waals surface area contributed by atoms with Gasteiger partial charge in [0.15, 0.2) is 5.78 Å². The third kappa shape index (κ3) is 4.14. The fraction of sp³-hybridized carbons (Fsp3) is 0.222. The van der Waals surface area contributed by atoms with E-state index in [2.05, 4.69) is 0 Å². The summed E-state index contributed by atoms with van der Waals surface area (Å²) in [6.07, 6.45) is -1.66. The van der Waals surface area contributed by atoms with Crippen LogP contribution in [0.3, 0.4) is 0 Å². The molecule has 0 aliphatic rings. The Morgan fingerprint density at radius 3 is 2.13 bits per heavy atom. The Bertz CT molecular complexity index is 344. The smallest absolute Gasteiger partial charge is 0.449 e. The lowest BCUT2D eigenvalue weighted by Gasteiger charge is -2.11. The van der Waals surface area contributed by atoms with Gasteiger partial charge in [0, 0.05) is 5.56 Å². The summed E-state index contributed by atoms with van der Waals surface area (Å²) < 4.78 is 48.0. The molecule has 15 heavy (non-hydrogen) atoms. The molecule has 0 atom stereocenters. The number of Topliss-reactive ketones (excluding diaryl/α,β-unsaturated/α-hetero) is 1. The van der Waals surface area contributed by atoms with Gasteiger partial charge in [-0.15, -0.1) is 0 Å². The van der Waals surface area contributed by atoms with Crippen LogP contribution in [0.15, 0.2) is 24.3 Å². The number of hydrogen-bond donors (Lipinski definition) is 0. The molecule has 0 amide bonds. The maximum Gasteiger partial charge on any atom is 0.478 e. The summed E-state index contributed by atoms with van der Waals surface area (Å²) in [5.74, 6) is -1.14. The third-order valence-corrected chi connectivity index (χ3v) is 1.86. The van der Waals surface area contributed by atoms with Crippen molar-refractivity contribution in [2.75, 3.05) is 0 Å². The van der Waals surface area contributed by atoms with Crippen molar-refractivity contribution in [3.05, 3.63) is 35.6 Å². The number of ketones is 1. The normalized spacial score (nSPS) is 11.5. The number of carbonyl (C=O) groups excluding carboxylic acids is 1. The van der Waals surface area contributed by atoms with Gasteiger partial charge in [0.05, 0.1) is 0 Å². The molecule has 0 aliphatic carbocycles. The second-order valence-electron chi connectivity index (χ2n) is 3.18. The summed E-state index contributed by atoms with van der Waals surface area (Å²) in [6, 6.07) is 4.46. The second kappa shape index (κ2) is 4.46. The van der Waals surface area contributed by atoms with Gasteiger partial charge in [-0.1, -0.05) is 6.32 Å². The van der Waals surface area contributed by atoms with Crippen LogP contribution in [0.2, 0.25) is 6.32 Å². The molecule has 0 N–H and O–H groups in total. The molecule has 1 rings (SSSR count). The van der Waals surface area contributed by atoms with Crippen LogP contribution in [0.1, 0.15) is 16.8 Å². The fourth-order valence-corrected chi connectivity index (χ4v) is 1.07. The van der Waals surface area contributed by atoms with E-state index in [1.165, 1.54) is 12.1 Å². The molecule has 0 spiro atoms. The molecule has 1 aromatic carbocycles. The van der Waals surface area contributed by atoms with Crippen molar-refractivity contribution in [3.63, 3.8) is 0 Å². The molecule has 82 valence electrons. The molecule has 0 saturated heterocycles. The topological polar surface area (TPSA) is 17.1 Å². The van der Waals surface area contributed by atoms with Crippen molar-refractivity contribution in [1.82, 2.24) is 0 Å². The molecular weight excluding hydrogens is 211 g/mol. The van der Waals surface area contributed by atoms with Crippen LogP contribution in [0.4, 0.5) is 17.3 Å². The van der Waals surface area contributed by atoms with Gasteiger partial charge in [-0.2, -0.15) is 0 Å². The van der Waals surface area contributed by atoms with E-state index in [1.807, 2.05) is 0 Å². The zero-order valence-corrected chi connectivity index (χ0v) is 7.72. The Kier molecular flexibility index (Phi) is 3.50. The number of rotatable bonds is 4. The molecule has 6 heteroatoms. The summed E-state index contributed by atoms with van der Waals surface area (Å²) >= 11 is 0. The Balaban J connectivity index is 2.58. The Labute approximate surface area is 84.2 Å². The van der Waals surface area contributed by atoms with E-state index in [4.69, 9.17) is 0 Å². The largest absolute Gasteiger partial charge is 0.478 e. The van der Waals surface area contributed by atoms with Crippen LogP contribution in [0, 0.1) is 5.82 Å². The highest BCUT2D eigenvalue weighted by Crippen LogP contribution is 2.18. The van der Waals surface area contributed by atoms with E-state index in [0.717, 1.165) is 12.1 Å². The average molecular weight is 219 g/mol. The minimum Gasteiger partial charge on any atom is -0.449 e. The number of carbonyl (C=O) groups is 1. The highest BCUT2D eigenvalue weighted by Gasteiger charge is 2.23. The van der Waals surface area contributed by atoms with Crippen LogP contribution in [-0.4, -0.2) is 12.8 Å². The Morgan fingerprint density at radius 2 is 1.67 bits per heavy atom. The lowest BCUT2D eigenvalue weighted by molar-refractivity contribution is 0.0985. The van der Waals surface area contributed by atoms with Crippen molar-refractivity contribution in [1.29, 1.82) is 0 Å². The highest BCUT2D eigenvalue weighted by molar-refractivity contribution is 6.58. The standard InChI is InChI=1S/C9H8BF4O/c11-8-3-1-7(2-4-8)9(15)5-6-10(12,13)14/h1-4H,5-6H2/q-1. The van der Waals surface area contributed by atoms with Gasteiger partial charge in [-0.05, 0) is 30.7 Å². The molecule has 1 nitrogen and oxygen atoms in total. The number of hydrogen-bond acceptors (Lipinski definition) is 1. The van der Waals surface area contributed by atoms with Crippen molar-refractivity contribution < 1.29 is 22.1 Å². The molecule has 1 aromatic rings. The van der Waals surface area contributed by atoms with E-state index in [-0.39, 0.29) is 5.56 Å². The van der Waals surface area contributed by atoms with Gasteiger partial charge in [-0.3, -0.25) is 4.79 Å². The molecule has 0 radical (unpaired) electrons. The maximum absolute atomic E-state index is 12.4. The summed E-state index contributed by atoms with van der Waals surface area (Å²) in [6.45, 7) is -4.93. The molecule has 0 aromatic heterocycles. The van der Waals surface area contributed by atoms with Gasteiger partial charge in [0.2, 0.25) is 0 Å². The van der Waals surface area contributed by atoms with Gasteiger partial charge in [0.25, 0.3) is 0 Å². The first-order chi connectivity index (χ1) is 6.88.